The first-order chi connectivity index (χ1) is 13.0. The van der Waals surface area contributed by atoms with Crippen LogP contribution in [0.4, 0.5) is 10.8 Å². The summed E-state index contributed by atoms with van der Waals surface area (Å²) in [6.45, 7) is 7.16. The average molecular weight is 421 g/mol. The second-order valence-corrected chi connectivity index (χ2v) is 8.25. The molecule has 3 rings (SSSR count). The van der Waals surface area contributed by atoms with Gasteiger partial charge in [-0.2, -0.15) is 0 Å². The topological polar surface area (TPSA) is 25.4 Å². The van der Waals surface area contributed by atoms with Gasteiger partial charge in [0.1, 0.15) is 5.75 Å². The third-order valence-electron chi connectivity index (χ3n) is 4.36. The van der Waals surface area contributed by atoms with Gasteiger partial charge < -0.3 is 9.64 Å². The van der Waals surface area contributed by atoms with E-state index in [9.17, 15) is 0 Å². The van der Waals surface area contributed by atoms with Gasteiger partial charge >= 0.3 is 0 Å². The van der Waals surface area contributed by atoms with Crippen molar-refractivity contribution in [3.05, 3.63) is 56.9 Å². The van der Waals surface area contributed by atoms with Gasteiger partial charge in [0, 0.05) is 17.0 Å². The van der Waals surface area contributed by atoms with Gasteiger partial charge in [0.05, 0.1) is 28.5 Å². The molecular weight excluding hydrogens is 399 g/mol. The summed E-state index contributed by atoms with van der Waals surface area (Å²) in [5.74, 6) is 0.846. The molecule has 142 valence electrons. The summed E-state index contributed by atoms with van der Waals surface area (Å²) >= 11 is 14.3. The van der Waals surface area contributed by atoms with Gasteiger partial charge in [-0.1, -0.05) is 54.4 Å². The van der Waals surface area contributed by atoms with Crippen LogP contribution in [0.15, 0.2) is 36.4 Å². The Hall–Kier alpha value is -1.75. The number of hydrogen-bond acceptors (Lipinski definition) is 4. The second-order valence-electron chi connectivity index (χ2n) is 6.28. The molecule has 0 amide bonds. The Morgan fingerprint density at radius 2 is 1.85 bits per heavy atom. The summed E-state index contributed by atoms with van der Waals surface area (Å²) in [7, 11) is 1.70. The highest BCUT2D eigenvalue weighted by Gasteiger charge is 2.22. The zero-order chi connectivity index (χ0) is 19.6. The van der Waals surface area contributed by atoms with E-state index in [-0.39, 0.29) is 0 Å². The van der Waals surface area contributed by atoms with Crippen molar-refractivity contribution in [2.24, 2.45) is 0 Å². The van der Waals surface area contributed by atoms with E-state index in [1.807, 2.05) is 24.3 Å². The van der Waals surface area contributed by atoms with Gasteiger partial charge in [-0.25, -0.2) is 4.98 Å². The van der Waals surface area contributed by atoms with Crippen molar-refractivity contribution in [3.63, 3.8) is 0 Å². The van der Waals surface area contributed by atoms with Gasteiger partial charge in [-0.15, -0.1) is 11.3 Å². The molecule has 3 nitrogen and oxygen atoms in total. The third kappa shape index (κ3) is 3.93. The molecular formula is C21H22Cl2N2OS. The van der Waals surface area contributed by atoms with Gasteiger partial charge in [-0.3, -0.25) is 0 Å². The van der Waals surface area contributed by atoms with E-state index in [1.54, 1.807) is 24.5 Å². The van der Waals surface area contributed by atoms with Crippen LogP contribution in [0.3, 0.4) is 0 Å². The lowest BCUT2D eigenvalue weighted by Gasteiger charge is -2.25. The van der Waals surface area contributed by atoms with Crippen LogP contribution < -0.4 is 9.64 Å². The minimum absolute atomic E-state index is 0.536. The monoisotopic (exact) mass is 420 g/mol. The minimum atomic E-state index is 0.536. The largest absolute Gasteiger partial charge is 0.495 e. The van der Waals surface area contributed by atoms with E-state index in [0.717, 1.165) is 51.2 Å². The summed E-state index contributed by atoms with van der Waals surface area (Å²) in [6, 6.07) is 11.7. The number of ether oxygens (including phenoxy) is 1. The maximum Gasteiger partial charge on any atom is 0.190 e. The van der Waals surface area contributed by atoms with E-state index in [1.165, 1.54) is 0 Å². The number of benzene rings is 2. The number of aryl methyl sites for hydroxylation is 2. The minimum Gasteiger partial charge on any atom is -0.495 e. The van der Waals surface area contributed by atoms with Crippen molar-refractivity contribution in [3.8, 4) is 17.0 Å². The SMILES string of the molecule is CCCN(c1nc(-c2cccc(Cl)c2Cl)c(C)s1)c1c(C)cccc1OC. The molecule has 0 N–H and O–H groups in total. The molecule has 0 spiro atoms. The summed E-state index contributed by atoms with van der Waals surface area (Å²) in [5, 5.41) is 2.00. The molecule has 0 atom stereocenters. The Balaban J connectivity index is 2.13. The molecule has 0 aliphatic rings. The van der Waals surface area contributed by atoms with Crippen LogP contribution in [-0.4, -0.2) is 18.6 Å². The molecule has 0 fully saturated rings. The highest BCUT2D eigenvalue weighted by Crippen LogP contribution is 2.43. The van der Waals surface area contributed by atoms with E-state index >= 15 is 0 Å². The predicted molar refractivity (Wildman–Crippen MR) is 117 cm³/mol. The third-order valence-corrected chi connectivity index (χ3v) is 6.17. The number of methoxy groups -OCH3 is 1. The Morgan fingerprint density at radius 3 is 2.56 bits per heavy atom. The van der Waals surface area contributed by atoms with E-state index < -0.39 is 0 Å². The van der Waals surface area contributed by atoms with Crippen LogP contribution >= 0.6 is 34.5 Å². The maximum absolute atomic E-state index is 6.44. The molecule has 3 aromatic rings. The summed E-state index contributed by atoms with van der Waals surface area (Å²) in [5.41, 5.74) is 3.94. The Morgan fingerprint density at radius 1 is 1.11 bits per heavy atom. The van der Waals surface area contributed by atoms with Crippen molar-refractivity contribution in [1.29, 1.82) is 0 Å². The number of rotatable bonds is 6. The fourth-order valence-electron chi connectivity index (χ4n) is 3.10. The van der Waals surface area contributed by atoms with Crippen molar-refractivity contribution in [2.75, 3.05) is 18.6 Å². The molecule has 0 bridgehead atoms. The predicted octanol–water partition coefficient (Wildman–Crippen LogP) is 7.29. The Kier molecular flexibility index (Phi) is 6.30. The van der Waals surface area contributed by atoms with Gasteiger partial charge in [0.25, 0.3) is 0 Å². The first-order valence-electron chi connectivity index (χ1n) is 8.80. The first kappa shape index (κ1) is 20.0. The molecule has 2 aromatic carbocycles. The summed E-state index contributed by atoms with van der Waals surface area (Å²) in [4.78, 5) is 8.27. The molecule has 1 heterocycles. The average Bonchev–Trinajstić information content (AvgIpc) is 3.03. The van der Waals surface area contributed by atoms with Gasteiger partial charge in [0.15, 0.2) is 5.13 Å². The smallest absolute Gasteiger partial charge is 0.190 e. The van der Waals surface area contributed by atoms with Crippen LogP contribution in [0.1, 0.15) is 23.8 Å². The molecule has 6 heteroatoms. The second kappa shape index (κ2) is 8.51. The van der Waals surface area contributed by atoms with Crippen LogP contribution in [-0.2, 0) is 0 Å². The highest BCUT2D eigenvalue weighted by atomic mass is 35.5. The van der Waals surface area contributed by atoms with Crippen molar-refractivity contribution in [1.82, 2.24) is 4.98 Å². The quantitative estimate of drug-likeness (QED) is 0.418. The number of aromatic nitrogens is 1. The lowest BCUT2D eigenvalue weighted by Crippen LogP contribution is -2.19. The molecule has 0 unspecified atom stereocenters. The van der Waals surface area contributed by atoms with Gasteiger partial charge in [0.2, 0.25) is 0 Å². The molecule has 0 saturated carbocycles. The number of nitrogens with zero attached hydrogens (tertiary/aromatic N) is 2. The number of anilines is 2. The summed E-state index contributed by atoms with van der Waals surface area (Å²) < 4.78 is 5.63. The number of hydrogen-bond donors (Lipinski definition) is 0. The molecule has 27 heavy (non-hydrogen) atoms. The Labute approximate surface area is 174 Å². The zero-order valence-corrected chi connectivity index (χ0v) is 18.2. The van der Waals surface area contributed by atoms with E-state index in [2.05, 4.69) is 31.7 Å². The molecule has 0 radical (unpaired) electrons. The molecule has 0 aliphatic heterocycles. The zero-order valence-electron chi connectivity index (χ0n) is 15.8. The van der Waals surface area contributed by atoms with Crippen LogP contribution in [0.5, 0.6) is 5.75 Å². The molecule has 1 aromatic heterocycles. The first-order valence-corrected chi connectivity index (χ1v) is 10.4. The number of para-hydroxylation sites is 1. The van der Waals surface area contributed by atoms with Crippen LogP contribution in [0.2, 0.25) is 10.0 Å². The van der Waals surface area contributed by atoms with Crippen molar-refractivity contribution < 1.29 is 4.74 Å². The molecule has 0 saturated heterocycles. The fourth-order valence-corrected chi connectivity index (χ4v) is 4.45. The van der Waals surface area contributed by atoms with E-state index in [0.29, 0.717) is 10.0 Å². The lowest BCUT2D eigenvalue weighted by molar-refractivity contribution is 0.415. The van der Waals surface area contributed by atoms with Gasteiger partial charge in [-0.05, 0) is 38.0 Å². The highest BCUT2D eigenvalue weighted by molar-refractivity contribution is 7.16. The fraction of sp³-hybridized carbons (Fsp3) is 0.286. The van der Waals surface area contributed by atoms with E-state index in [4.69, 9.17) is 32.9 Å². The standard InChI is InChI=1S/C21H22Cl2N2OS/c1-5-12-25(20-13(2)8-6-11-17(20)26-4)21-24-19(14(3)27-21)15-9-7-10-16(22)18(15)23/h6-11H,5,12H2,1-4H3. The number of halogens is 2. The van der Waals surface area contributed by atoms with Crippen molar-refractivity contribution >= 4 is 45.4 Å². The van der Waals surface area contributed by atoms with Crippen LogP contribution in [0, 0.1) is 13.8 Å². The van der Waals surface area contributed by atoms with Crippen molar-refractivity contribution in [2.45, 2.75) is 27.2 Å². The maximum atomic E-state index is 6.44. The normalized spacial score (nSPS) is 10.9. The Bertz CT molecular complexity index is 955. The van der Waals surface area contributed by atoms with Crippen LogP contribution in [0.25, 0.3) is 11.3 Å². The number of thiazole rings is 1. The molecule has 0 aliphatic carbocycles. The summed E-state index contributed by atoms with van der Waals surface area (Å²) in [6.07, 6.45) is 0.989. The lowest BCUT2D eigenvalue weighted by atomic mass is 10.1.